The molecular weight excluding hydrogens is 420 g/mol. The Balaban J connectivity index is 1.82. The minimum atomic E-state index is -0.328. The maximum absolute atomic E-state index is 12.5. The molecule has 0 bridgehead atoms. The number of benzene rings is 1. The topological polar surface area (TPSA) is 78.3 Å². The molecule has 3 rings (SSSR count). The van der Waals surface area contributed by atoms with Crippen molar-refractivity contribution in [2.24, 2.45) is 0 Å². The van der Waals surface area contributed by atoms with Crippen LogP contribution in [0.15, 0.2) is 46.9 Å². The minimum Gasteiger partial charge on any atom is -0.495 e. The number of methoxy groups -OCH3 is 1. The molecule has 1 aromatic carbocycles. The summed E-state index contributed by atoms with van der Waals surface area (Å²) in [5.74, 6) is 1.40. The van der Waals surface area contributed by atoms with Gasteiger partial charge in [-0.1, -0.05) is 30.0 Å². The highest BCUT2D eigenvalue weighted by atomic mass is 32.2. The summed E-state index contributed by atoms with van der Waals surface area (Å²) in [6.45, 7) is 5.74. The van der Waals surface area contributed by atoms with E-state index in [-0.39, 0.29) is 11.2 Å². The number of carbonyl (C=O) groups excluding carboxylic acids is 1. The lowest BCUT2D eigenvalue weighted by atomic mass is 10.3. The van der Waals surface area contributed by atoms with Crippen molar-refractivity contribution in [1.82, 2.24) is 20.1 Å². The Kier molecular flexibility index (Phi) is 8.30. The van der Waals surface area contributed by atoms with Crippen LogP contribution < -0.4 is 10.1 Å². The van der Waals surface area contributed by atoms with Crippen LogP contribution >= 0.6 is 23.1 Å². The molecule has 0 aliphatic rings. The van der Waals surface area contributed by atoms with Gasteiger partial charge in [0.2, 0.25) is 5.91 Å². The lowest BCUT2D eigenvalue weighted by Crippen LogP contribution is -2.32. The molecule has 1 amide bonds. The highest BCUT2D eigenvalue weighted by Crippen LogP contribution is 2.35. The third-order valence-electron chi connectivity index (χ3n) is 4.32. The molecule has 30 heavy (non-hydrogen) atoms. The highest BCUT2D eigenvalue weighted by Gasteiger charge is 2.23. The molecule has 1 unspecified atom stereocenters. The highest BCUT2D eigenvalue weighted by molar-refractivity contribution is 8.00. The van der Waals surface area contributed by atoms with Crippen LogP contribution in [0, 0.1) is 0 Å². The number of amides is 1. The molecule has 7 nitrogen and oxygen atoms in total. The number of thiophene rings is 1. The van der Waals surface area contributed by atoms with Gasteiger partial charge in [0.1, 0.15) is 5.75 Å². The summed E-state index contributed by atoms with van der Waals surface area (Å²) in [5, 5.41) is 14.1. The first-order valence-corrected chi connectivity index (χ1v) is 11.6. The lowest BCUT2D eigenvalue weighted by molar-refractivity contribution is -0.120. The minimum absolute atomic E-state index is 0.0382. The van der Waals surface area contributed by atoms with Gasteiger partial charge in [-0.25, -0.2) is 0 Å². The quantitative estimate of drug-likeness (QED) is 0.354. The van der Waals surface area contributed by atoms with Crippen molar-refractivity contribution < 1.29 is 14.3 Å². The third-order valence-corrected chi connectivity index (χ3v) is 6.23. The molecule has 1 atom stereocenters. The van der Waals surface area contributed by atoms with Crippen LogP contribution in [-0.4, -0.2) is 52.8 Å². The number of nitrogens with zero attached hydrogens (tertiary/aromatic N) is 3. The van der Waals surface area contributed by atoms with Gasteiger partial charge < -0.3 is 14.8 Å². The third kappa shape index (κ3) is 5.41. The molecular formula is C21H26N4O3S2. The van der Waals surface area contributed by atoms with Crippen LogP contribution in [0.2, 0.25) is 0 Å². The van der Waals surface area contributed by atoms with Crippen LogP contribution in [0.25, 0.3) is 16.4 Å². The zero-order valence-corrected chi connectivity index (χ0v) is 19.0. The summed E-state index contributed by atoms with van der Waals surface area (Å²) in [5.41, 5.74) is 0.834. The van der Waals surface area contributed by atoms with E-state index in [1.807, 2.05) is 60.2 Å². The summed E-state index contributed by atoms with van der Waals surface area (Å²) in [4.78, 5) is 13.5. The molecule has 0 saturated carbocycles. The average molecular weight is 447 g/mol. The fourth-order valence-electron chi connectivity index (χ4n) is 2.83. The van der Waals surface area contributed by atoms with Crippen molar-refractivity contribution >= 4 is 29.0 Å². The van der Waals surface area contributed by atoms with Crippen molar-refractivity contribution in [2.75, 3.05) is 26.9 Å². The first-order chi connectivity index (χ1) is 14.7. The molecule has 0 fully saturated rings. The van der Waals surface area contributed by atoms with E-state index in [0.29, 0.717) is 30.7 Å². The second-order valence-electron chi connectivity index (χ2n) is 6.39. The molecule has 9 heteroatoms. The Labute approximate surface area is 184 Å². The van der Waals surface area contributed by atoms with Crippen molar-refractivity contribution in [1.29, 1.82) is 0 Å². The molecule has 0 aliphatic heterocycles. The van der Waals surface area contributed by atoms with Gasteiger partial charge in [0.25, 0.3) is 0 Å². The smallest absolute Gasteiger partial charge is 0.233 e. The predicted octanol–water partition coefficient (Wildman–Crippen LogP) is 4.03. The molecule has 3 aromatic rings. The van der Waals surface area contributed by atoms with E-state index >= 15 is 0 Å². The number of rotatable bonds is 11. The lowest BCUT2D eigenvalue weighted by Gasteiger charge is -2.15. The molecule has 0 radical (unpaired) electrons. The zero-order valence-electron chi connectivity index (χ0n) is 17.3. The van der Waals surface area contributed by atoms with Crippen LogP contribution in [-0.2, 0) is 9.53 Å². The van der Waals surface area contributed by atoms with Crippen molar-refractivity contribution in [3.63, 3.8) is 0 Å². The van der Waals surface area contributed by atoms with Gasteiger partial charge in [-0.3, -0.25) is 9.36 Å². The van der Waals surface area contributed by atoms with Crippen molar-refractivity contribution in [3.8, 4) is 22.1 Å². The Morgan fingerprint density at radius 3 is 2.83 bits per heavy atom. The van der Waals surface area contributed by atoms with Gasteiger partial charge in [-0.2, -0.15) is 0 Å². The number of ether oxygens (including phenoxy) is 2. The Morgan fingerprint density at radius 1 is 1.27 bits per heavy atom. The van der Waals surface area contributed by atoms with Gasteiger partial charge >= 0.3 is 0 Å². The predicted molar refractivity (Wildman–Crippen MR) is 121 cm³/mol. The molecule has 2 heterocycles. The van der Waals surface area contributed by atoms with Crippen LogP contribution in [0.4, 0.5) is 0 Å². The van der Waals surface area contributed by atoms with E-state index in [4.69, 9.17) is 9.47 Å². The number of para-hydroxylation sites is 2. The number of carbonyl (C=O) groups is 1. The Hall–Kier alpha value is -2.36. The normalized spacial score (nSPS) is 12.0. The summed E-state index contributed by atoms with van der Waals surface area (Å²) < 4.78 is 12.8. The maximum Gasteiger partial charge on any atom is 0.233 e. The molecule has 0 spiro atoms. The van der Waals surface area contributed by atoms with E-state index in [0.717, 1.165) is 22.8 Å². The molecule has 1 N–H and O–H groups in total. The summed E-state index contributed by atoms with van der Waals surface area (Å²) >= 11 is 2.96. The number of hydrogen-bond donors (Lipinski definition) is 1. The molecule has 0 aliphatic carbocycles. The zero-order chi connectivity index (χ0) is 21.3. The molecule has 160 valence electrons. The molecule has 2 aromatic heterocycles. The second-order valence-corrected chi connectivity index (χ2v) is 8.65. The molecule has 0 saturated heterocycles. The van der Waals surface area contributed by atoms with Gasteiger partial charge in [-0.05, 0) is 43.8 Å². The summed E-state index contributed by atoms with van der Waals surface area (Å²) in [6.07, 6.45) is 0.789. The standard InChI is InChI=1S/C21H26N4O3S2/c1-4-28-13-8-12-22-20(26)15(2)30-21-24-23-19(18-11-7-14-29-18)25(21)16-9-5-6-10-17(16)27-3/h5-7,9-11,14-15H,4,8,12-13H2,1-3H3,(H,22,26). The fraction of sp³-hybridized carbons (Fsp3) is 0.381. The fourth-order valence-corrected chi connectivity index (χ4v) is 4.41. The average Bonchev–Trinajstić information content (AvgIpc) is 3.43. The second kappa shape index (κ2) is 11.1. The van der Waals surface area contributed by atoms with Gasteiger partial charge in [0.15, 0.2) is 11.0 Å². The summed E-state index contributed by atoms with van der Waals surface area (Å²) in [7, 11) is 1.64. The number of thioether (sulfide) groups is 1. The Bertz CT molecular complexity index is 944. The monoisotopic (exact) mass is 446 g/mol. The van der Waals surface area contributed by atoms with E-state index in [1.165, 1.54) is 11.8 Å². The van der Waals surface area contributed by atoms with Crippen molar-refractivity contribution in [2.45, 2.75) is 30.7 Å². The van der Waals surface area contributed by atoms with E-state index in [9.17, 15) is 4.79 Å². The summed E-state index contributed by atoms with van der Waals surface area (Å²) in [6, 6.07) is 11.7. The Morgan fingerprint density at radius 2 is 2.10 bits per heavy atom. The SMILES string of the molecule is CCOCCCNC(=O)C(C)Sc1nnc(-c2cccs2)n1-c1ccccc1OC. The maximum atomic E-state index is 12.5. The van der Waals surface area contributed by atoms with E-state index < -0.39 is 0 Å². The number of nitrogens with one attached hydrogen (secondary N) is 1. The van der Waals surface area contributed by atoms with E-state index in [1.54, 1.807) is 18.4 Å². The van der Waals surface area contributed by atoms with Crippen molar-refractivity contribution in [3.05, 3.63) is 41.8 Å². The van der Waals surface area contributed by atoms with Crippen LogP contribution in [0.5, 0.6) is 5.75 Å². The first-order valence-electron chi connectivity index (χ1n) is 9.80. The van der Waals surface area contributed by atoms with Crippen LogP contribution in [0.3, 0.4) is 0 Å². The van der Waals surface area contributed by atoms with Crippen LogP contribution in [0.1, 0.15) is 20.3 Å². The largest absolute Gasteiger partial charge is 0.495 e. The van der Waals surface area contributed by atoms with E-state index in [2.05, 4.69) is 15.5 Å². The van der Waals surface area contributed by atoms with Gasteiger partial charge in [0.05, 0.1) is 22.9 Å². The number of hydrogen-bond acceptors (Lipinski definition) is 7. The van der Waals surface area contributed by atoms with Gasteiger partial charge in [0, 0.05) is 19.8 Å². The number of aromatic nitrogens is 3. The van der Waals surface area contributed by atoms with Gasteiger partial charge in [-0.15, -0.1) is 21.5 Å². The first kappa shape index (κ1) is 22.3.